The summed E-state index contributed by atoms with van der Waals surface area (Å²) in [4.78, 5) is 3.86. The third-order valence-electron chi connectivity index (χ3n) is 1.76. The maximum atomic E-state index is 9.61. The summed E-state index contributed by atoms with van der Waals surface area (Å²) in [5, 5.41) is 21.4. The van der Waals surface area contributed by atoms with Crippen LogP contribution in [0.2, 0.25) is 5.15 Å². The summed E-state index contributed by atoms with van der Waals surface area (Å²) in [6.45, 7) is 0.924. The fourth-order valence-corrected chi connectivity index (χ4v) is 1.13. The predicted octanol–water partition coefficient (Wildman–Crippen LogP) is 0.350. The number of hydrogen-bond acceptors (Lipinski definition) is 4. The van der Waals surface area contributed by atoms with Crippen molar-refractivity contribution in [2.75, 3.05) is 19.7 Å². The van der Waals surface area contributed by atoms with Crippen LogP contribution in [0.15, 0.2) is 18.3 Å². The predicted molar refractivity (Wildman–Crippen MR) is 54.2 cm³/mol. The van der Waals surface area contributed by atoms with Crippen molar-refractivity contribution in [2.45, 2.75) is 6.10 Å². The Morgan fingerprint density at radius 2 is 2.29 bits per heavy atom. The minimum absolute atomic E-state index is 0.0611. The van der Waals surface area contributed by atoms with Crippen LogP contribution < -0.4 is 5.32 Å². The molecule has 78 valence electrons. The SMILES string of the molecule is OCCNCC(O)c1ccc(Cl)nc1. The molecule has 0 saturated carbocycles. The van der Waals surface area contributed by atoms with Crippen molar-refractivity contribution >= 4 is 11.6 Å². The van der Waals surface area contributed by atoms with E-state index in [4.69, 9.17) is 16.7 Å². The molecule has 4 nitrogen and oxygen atoms in total. The molecular formula is C9H13ClN2O2. The first-order chi connectivity index (χ1) is 6.74. The Bertz CT molecular complexity index is 266. The van der Waals surface area contributed by atoms with Gasteiger partial charge in [-0.05, 0) is 6.07 Å². The van der Waals surface area contributed by atoms with Crippen molar-refractivity contribution in [1.82, 2.24) is 10.3 Å². The van der Waals surface area contributed by atoms with Crippen molar-refractivity contribution in [3.8, 4) is 0 Å². The van der Waals surface area contributed by atoms with E-state index in [9.17, 15) is 5.11 Å². The first-order valence-corrected chi connectivity index (χ1v) is 4.73. The molecule has 1 rings (SSSR count). The van der Waals surface area contributed by atoms with E-state index in [1.165, 1.54) is 6.20 Å². The number of nitrogens with one attached hydrogen (secondary N) is 1. The van der Waals surface area contributed by atoms with E-state index in [-0.39, 0.29) is 6.61 Å². The average molecular weight is 217 g/mol. The van der Waals surface area contributed by atoms with E-state index < -0.39 is 6.10 Å². The van der Waals surface area contributed by atoms with Crippen LogP contribution in [0.3, 0.4) is 0 Å². The number of aliphatic hydroxyl groups excluding tert-OH is 2. The van der Waals surface area contributed by atoms with Crippen molar-refractivity contribution in [1.29, 1.82) is 0 Å². The lowest BCUT2D eigenvalue weighted by Gasteiger charge is -2.10. The van der Waals surface area contributed by atoms with Crippen LogP contribution in [0.5, 0.6) is 0 Å². The summed E-state index contributed by atoms with van der Waals surface area (Å²) in [6.07, 6.45) is 0.916. The summed E-state index contributed by atoms with van der Waals surface area (Å²) in [5.74, 6) is 0. The van der Waals surface area contributed by atoms with Gasteiger partial charge in [-0.25, -0.2) is 4.98 Å². The van der Waals surface area contributed by atoms with Gasteiger partial charge in [-0.15, -0.1) is 0 Å². The molecule has 5 heteroatoms. The van der Waals surface area contributed by atoms with Crippen LogP contribution in [-0.4, -0.2) is 34.9 Å². The number of rotatable bonds is 5. The van der Waals surface area contributed by atoms with Crippen LogP contribution in [0.4, 0.5) is 0 Å². The smallest absolute Gasteiger partial charge is 0.129 e. The maximum absolute atomic E-state index is 9.61. The first kappa shape index (κ1) is 11.4. The molecule has 0 amide bonds. The van der Waals surface area contributed by atoms with E-state index >= 15 is 0 Å². The van der Waals surface area contributed by atoms with Crippen LogP contribution >= 0.6 is 11.6 Å². The Morgan fingerprint density at radius 1 is 1.50 bits per heavy atom. The van der Waals surface area contributed by atoms with Crippen molar-refractivity contribution in [3.63, 3.8) is 0 Å². The van der Waals surface area contributed by atoms with Gasteiger partial charge in [0.25, 0.3) is 0 Å². The number of aliphatic hydroxyl groups is 2. The van der Waals surface area contributed by atoms with Crippen LogP contribution in [0.1, 0.15) is 11.7 Å². The van der Waals surface area contributed by atoms with Gasteiger partial charge in [0.2, 0.25) is 0 Å². The third kappa shape index (κ3) is 3.59. The van der Waals surface area contributed by atoms with Crippen molar-refractivity contribution in [2.24, 2.45) is 0 Å². The van der Waals surface area contributed by atoms with Gasteiger partial charge in [0, 0.05) is 24.8 Å². The standard InChI is InChI=1S/C9H13ClN2O2/c10-9-2-1-7(5-12-9)8(14)6-11-3-4-13/h1-2,5,8,11,13-14H,3-4,6H2. The molecule has 1 aromatic heterocycles. The zero-order valence-corrected chi connectivity index (χ0v) is 8.41. The fraction of sp³-hybridized carbons (Fsp3) is 0.444. The molecule has 0 radical (unpaired) electrons. The Balaban J connectivity index is 2.43. The quantitative estimate of drug-likeness (QED) is 0.491. The summed E-state index contributed by atoms with van der Waals surface area (Å²) in [7, 11) is 0. The number of pyridine rings is 1. The molecule has 0 spiro atoms. The lowest BCUT2D eigenvalue weighted by Crippen LogP contribution is -2.24. The van der Waals surface area contributed by atoms with Crippen molar-refractivity contribution < 1.29 is 10.2 Å². The molecule has 0 aliphatic heterocycles. The van der Waals surface area contributed by atoms with Gasteiger partial charge >= 0.3 is 0 Å². The summed E-state index contributed by atoms with van der Waals surface area (Å²) in [6, 6.07) is 3.35. The fourth-order valence-electron chi connectivity index (χ4n) is 1.02. The zero-order valence-electron chi connectivity index (χ0n) is 7.65. The van der Waals surface area contributed by atoms with Gasteiger partial charge < -0.3 is 15.5 Å². The molecule has 1 unspecified atom stereocenters. The molecule has 0 aliphatic carbocycles. The van der Waals surface area contributed by atoms with Gasteiger partial charge in [-0.2, -0.15) is 0 Å². The van der Waals surface area contributed by atoms with E-state index in [1.54, 1.807) is 12.1 Å². The average Bonchev–Trinajstić information content (AvgIpc) is 2.19. The van der Waals surface area contributed by atoms with Gasteiger partial charge in [-0.1, -0.05) is 17.7 Å². The van der Waals surface area contributed by atoms with E-state index in [0.29, 0.717) is 23.8 Å². The Morgan fingerprint density at radius 3 is 2.86 bits per heavy atom. The monoisotopic (exact) mass is 216 g/mol. The highest BCUT2D eigenvalue weighted by atomic mass is 35.5. The summed E-state index contributed by atoms with van der Waals surface area (Å²) >= 11 is 5.60. The molecule has 3 N–H and O–H groups in total. The normalized spacial score (nSPS) is 12.8. The topological polar surface area (TPSA) is 65.4 Å². The second-order valence-corrected chi connectivity index (χ2v) is 3.25. The first-order valence-electron chi connectivity index (χ1n) is 4.35. The van der Waals surface area contributed by atoms with E-state index in [2.05, 4.69) is 10.3 Å². The lowest BCUT2D eigenvalue weighted by atomic mass is 10.1. The molecule has 1 aromatic rings. The highest BCUT2D eigenvalue weighted by Gasteiger charge is 2.06. The molecule has 14 heavy (non-hydrogen) atoms. The van der Waals surface area contributed by atoms with Gasteiger partial charge in [0.05, 0.1) is 12.7 Å². The second kappa shape index (κ2) is 5.93. The van der Waals surface area contributed by atoms with Crippen LogP contribution in [0, 0.1) is 0 Å². The molecular weight excluding hydrogens is 204 g/mol. The Hall–Kier alpha value is -0.680. The summed E-state index contributed by atoms with van der Waals surface area (Å²) < 4.78 is 0. The molecule has 0 saturated heterocycles. The molecule has 0 aliphatic rings. The van der Waals surface area contributed by atoms with Gasteiger partial charge in [-0.3, -0.25) is 0 Å². The summed E-state index contributed by atoms with van der Waals surface area (Å²) in [5.41, 5.74) is 0.708. The minimum atomic E-state index is -0.619. The Kier molecular flexibility index (Phi) is 4.82. The minimum Gasteiger partial charge on any atom is -0.395 e. The van der Waals surface area contributed by atoms with Crippen LogP contribution in [-0.2, 0) is 0 Å². The molecule has 0 aromatic carbocycles. The number of hydrogen-bond donors (Lipinski definition) is 3. The highest BCUT2D eigenvalue weighted by Crippen LogP contribution is 2.12. The molecule has 0 bridgehead atoms. The lowest BCUT2D eigenvalue weighted by molar-refractivity contribution is 0.170. The highest BCUT2D eigenvalue weighted by molar-refractivity contribution is 6.29. The van der Waals surface area contributed by atoms with Gasteiger partial charge in [0.15, 0.2) is 0 Å². The van der Waals surface area contributed by atoms with E-state index in [0.717, 1.165) is 0 Å². The number of halogens is 1. The maximum Gasteiger partial charge on any atom is 0.129 e. The van der Waals surface area contributed by atoms with Gasteiger partial charge in [0.1, 0.15) is 5.15 Å². The van der Waals surface area contributed by atoms with Crippen LogP contribution in [0.25, 0.3) is 0 Å². The van der Waals surface area contributed by atoms with Crippen molar-refractivity contribution in [3.05, 3.63) is 29.0 Å². The molecule has 1 heterocycles. The second-order valence-electron chi connectivity index (χ2n) is 2.86. The third-order valence-corrected chi connectivity index (χ3v) is 1.98. The van der Waals surface area contributed by atoms with E-state index in [1.807, 2.05) is 0 Å². The largest absolute Gasteiger partial charge is 0.395 e. The molecule has 1 atom stereocenters. The Labute approximate surface area is 87.6 Å². The molecule has 0 fully saturated rings. The number of nitrogens with zero attached hydrogens (tertiary/aromatic N) is 1. The number of aromatic nitrogens is 1. The zero-order chi connectivity index (χ0) is 10.4.